The molecule has 0 N–H and O–H groups in total. The Balaban J connectivity index is 2.83. The van der Waals surface area contributed by atoms with Gasteiger partial charge >= 0.3 is 0 Å². The Bertz CT molecular complexity index is 448. The normalized spacial score (nSPS) is 24.5. The van der Waals surface area contributed by atoms with Crippen LogP contribution < -0.4 is 0 Å². The standard InChI is InChI=1S/C17H37NO3Si2/c1-16(2,3)22(7,8)20-14-11-15(13-18(19)12-14)21-23(9,10)17(4,5)6/h12,14-15H,11,13H2,1-10H3/t14-,15-/m1/s1. The molecule has 23 heavy (non-hydrogen) atoms. The van der Waals surface area contributed by atoms with Crippen LogP contribution in [0.1, 0.15) is 48.0 Å². The van der Waals surface area contributed by atoms with E-state index in [0.29, 0.717) is 6.54 Å². The van der Waals surface area contributed by atoms with Crippen molar-refractivity contribution in [3.8, 4) is 0 Å². The Morgan fingerprint density at radius 3 is 1.78 bits per heavy atom. The van der Waals surface area contributed by atoms with Crippen LogP contribution >= 0.6 is 0 Å². The summed E-state index contributed by atoms with van der Waals surface area (Å²) in [5.74, 6) is 0. The minimum atomic E-state index is -1.89. The number of hydrogen-bond acceptors (Lipinski definition) is 3. The Morgan fingerprint density at radius 1 is 0.913 bits per heavy atom. The lowest BCUT2D eigenvalue weighted by Crippen LogP contribution is -2.51. The van der Waals surface area contributed by atoms with Gasteiger partial charge in [-0.05, 0) is 36.3 Å². The molecule has 0 aromatic carbocycles. The number of rotatable bonds is 4. The first-order valence-corrected chi connectivity index (χ1v) is 14.5. The molecule has 1 aliphatic heterocycles. The second-order valence-corrected chi connectivity index (χ2v) is 19.4. The molecule has 0 amide bonds. The van der Waals surface area contributed by atoms with Gasteiger partial charge in [0.15, 0.2) is 29.4 Å². The van der Waals surface area contributed by atoms with Crippen molar-refractivity contribution in [1.82, 2.24) is 0 Å². The highest BCUT2D eigenvalue weighted by atomic mass is 28.4. The van der Waals surface area contributed by atoms with Gasteiger partial charge in [-0.15, -0.1) is 0 Å². The van der Waals surface area contributed by atoms with Gasteiger partial charge in [-0.3, -0.25) is 0 Å². The van der Waals surface area contributed by atoms with Crippen LogP contribution in [0.25, 0.3) is 0 Å². The molecular formula is C17H37NO3Si2. The van der Waals surface area contributed by atoms with E-state index in [0.717, 1.165) is 11.2 Å². The van der Waals surface area contributed by atoms with Gasteiger partial charge in [0.2, 0.25) is 0 Å². The molecule has 136 valence electrons. The predicted molar refractivity (Wildman–Crippen MR) is 103 cm³/mol. The third-order valence-corrected chi connectivity index (χ3v) is 14.8. The molecule has 0 aromatic heterocycles. The molecule has 0 radical (unpaired) electrons. The van der Waals surface area contributed by atoms with Gasteiger partial charge in [-0.1, -0.05) is 41.5 Å². The molecule has 4 nitrogen and oxygen atoms in total. The maximum absolute atomic E-state index is 12.1. The third kappa shape index (κ3) is 5.41. The summed E-state index contributed by atoms with van der Waals surface area (Å²) in [6.45, 7) is 22.7. The highest BCUT2D eigenvalue weighted by Crippen LogP contribution is 2.40. The summed E-state index contributed by atoms with van der Waals surface area (Å²) in [5.41, 5.74) is 0. The fourth-order valence-corrected chi connectivity index (χ4v) is 4.78. The van der Waals surface area contributed by atoms with Crippen molar-refractivity contribution in [2.75, 3.05) is 6.54 Å². The van der Waals surface area contributed by atoms with Crippen LogP contribution in [0.3, 0.4) is 0 Å². The molecule has 0 aliphatic carbocycles. The molecule has 0 saturated carbocycles. The largest absolute Gasteiger partial charge is 0.624 e. The average Bonchev–Trinajstić information content (AvgIpc) is 2.22. The van der Waals surface area contributed by atoms with Crippen LogP contribution in [0.15, 0.2) is 0 Å². The van der Waals surface area contributed by atoms with Gasteiger partial charge in [-0.2, -0.15) is 0 Å². The van der Waals surface area contributed by atoms with E-state index in [4.69, 9.17) is 8.85 Å². The maximum atomic E-state index is 12.1. The second kappa shape index (κ2) is 6.61. The van der Waals surface area contributed by atoms with Crippen molar-refractivity contribution in [3.05, 3.63) is 5.21 Å². The van der Waals surface area contributed by atoms with Gasteiger partial charge in [0.1, 0.15) is 12.2 Å². The molecule has 0 saturated heterocycles. The highest BCUT2D eigenvalue weighted by Gasteiger charge is 2.44. The monoisotopic (exact) mass is 359 g/mol. The maximum Gasteiger partial charge on any atom is 0.193 e. The fraction of sp³-hybridized carbons (Fsp3) is 0.941. The summed E-state index contributed by atoms with van der Waals surface area (Å²) in [4.78, 5) is 0. The molecule has 6 heteroatoms. The Hall–Kier alpha value is -0.176. The van der Waals surface area contributed by atoms with Gasteiger partial charge in [0.25, 0.3) is 0 Å². The lowest BCUT2D eigenvalue weighted by atomic mass is 10.1. The van der Waals surface area contributed by atoms with E-state index >= 15 is 0 Å². The van der Waals surface area contributed by atoms with E-state index in [-0.39, 0.29) is 22.3 Å². The van der Waals surface area contributed by atoms with Gasteiger partial charge in [0.05, 0.1) is 0 Å². The number of hydrogen-bond donors (Lipinski definition) is 0. The zero-order valence-electron chi connectivity index (χ0n) is 16.8. The first-order valence-electron chi connectivity index (χ1n) is 8.69. The van der Waals surface area contributed by atoms with Crippen molar-refractivity contribution in [1.29, 1.82) is 0 Å². The third-order valence-electron chi connectivity index (χ3n) is 5.73. The lowest BCUT2D eigenvalue weighted by Gasteiger charge is -2.42. The first-order chi connectivity index (χ1) is 10.1. The quantitative estimate of drug-likeness (QED) is 0.413. The topological polar surface area (TPSA) is 44.5 Å². The summed E-state index contributed by atoms with van der Waals surface area (Å²) in [6.07, 6.45) is 2.33. The van der Waals surface area contributed by atoms with Gasteiger partial charge in [0, 0.05) is 6.42 Å². The highest BCUT2D eigenvalue weighted by molar-refractivity contribution is 6.74. The molecule has 2 atom stereocenters. The van der Waals surface area contributed by atoms with Crippen LogP contribution in [0.4, 0.5) is 0 Å². The van der Waals surface area contributed by atoms with Crippen molar-refractivity contribution in [2.24, 2.45) is 0 Å². The summed E-state index contributed by atoms with van der Waals surface area (Å²) in [7, 11) is -3.76. The summed E-state index contributed by atoms with van der Waals surface area (Å²) in [6, 6.07) is 0. The van der Waals surface area contributed by atoms with E-state index in [2.05, 4.69) is 67.7 Å². The van der Waals surface area contributed by atoms with E-state index in [1.54, 1.807) is 6.21 Å². The first kappa shape index (κ1) is 20.9. The summed E-state index contributed by atoms with van der Waals surface area (Å²) in [5, 5.41) is 12.4. The smallest absolute Gasteiger partial charge is 0.193 e. The zero-order chi connectivity index (χ0) is 18.3. The molecule has 0 unspecified atom stereocenters. The molecule has 0 aromatic rings. The second-order valence-electron chi connectivity index (χ2n) is 9.90. The Kier molecular flexibility index (Phi) is 6.00. The number of nitrogens with zero attached hydrogens (tertiary/aromatic N) is 1. The van der Waals surface area contributed by atoms with E-state index in [1.807, 2.05) is 0 Å². The van der Waals surface area contributed by atoms with E-state index in [9.17, 15) is 5.21 Å². The molecule has 0 spiro atoms. The summed E-state index contributed by atoms with van der Waals surface area (Å²) < 4.78 is 13.9. The van der Waals surface area contributed by atoms with Gasteiger partial charge < -0.3 is 14.1 Å². The van der Waals surface area contributed by atoms with Crippen LogP contribution in [0, 0.1) is 5.21 Å². The van der Waals surface area contributed by atoms with Gasteiger partial charge in [-0.25, -0.2) is 4.74 Å². The SMILES string of the molecule is CC(C)(C)[Si](C)(C)O[C@@H]1C[C@@H](O[Si](C)(C)C(C)(C)C)C=[N+]([O-])C1. The fourth-order valence-electron chi connectivity index (χ4n) is 2.15. The molecule has 1 heterocycles. The Morgan fingerprint density at radius 2 is 1.35 bits per heavy atom. The Labute approximate surface area is 145 Å². The number of hydroxylamine groups is 1. The van der Waals surface area contributed by atoms with Crippen molar-refractivity contribution in [3.63, 3.8) is 0 Å². The lowest BCUT2D eigenvalue weighted by molar-refractivity contribution is -0.472. The minimum absolute atomic E-state index is 0.0341. The molecule has 1 aliphatic rings. The summed E-state index contributed by atoms with van der Waals surface area (Å²) >= 11 is 0. The van der Waals surface area contributed by atoms with Crippen molar-refractivity contribution < 1.29 is 13.6 Å². The van der Waals surface area contributed by atoms with E-state index in [1.165, 1.54) is 0 Å². The van der Waals surface area contributed by atoms with Crippen molar-refractivity contribution >= 4 is 22.8 Å². The van der Waals surface area contributed by atoms with Crippen molar-refractivity contribution in [2.45, 2.75) is 96.4 Å². The molecular weight excluding hydrogens is 322 g/mol. The zero-order valence-corrected chi connectivity index (χ0v) is 18.8. The van der Waals surface area contributed by atoms with Crippen LogP contribution in [0.2, 0.25) is 36.3 Å². The molecule has 1 rings (SSSR count). The van der Waals surface area contributed by atoms with Crippen LogP contribution in [-0.4, -0.2) is 46.3 Å². The average molecular weight is 360 g/mol. The molecule has 0 bridgehead atoms. The van der Waals surface area contributed by atoms with E-state index < -0.39 is 16.6 Å². The predicted octanol–water partition coefficient (Wildman–Crippen LogP) is 4.75. The minimum Gasteiger partial charge on any atom is -0.624 e. The van der Waals surface area contributed by atoms with Crippen LogP contribution in [0.5, 0.6) is 0 Å². The van der Waals surface area contributed by atoms with Crippen LogP contribution in [-0.2, 0) is 8.85 Å². The molecule has 0 fully saturated rings.